The van der Waals surface area contributed by atoms with E-state index in [-0.39, 0.29) is 0 Å². The molecule has 4 nitrogen and oxygen atoms in total. The fraction of sp³-hybridized carbons (Fsp3) is 0.429. The van der Waals surface area contributed by atoms with Crippen molar-refractivity contribution in [2.45, 2.75) is 37.8 Å². The zero-order valence-electron chi connectivity index (χ0n) is 11.5. The van der Waals surface area contributed by atoms with E-state index in [2.05, 4.69) is 30.9 Å². The number of aryl methyl sites for hydroxylation is 1. The monoisotopic (exact) mass is 277 g/mol. The maximum absolute atomic E-state index is 5.79. The highest BCUT2D eigenvalue weighted by molar-refractivity contribution is 7.98. The summed E-state index contributed by atoms with van der Waals surface area (Å²) in [5, 5.41) is 4.00. The van der Waals surface area contributed by atoms with Gasteiger partial charge in [0, 0.05) is 17.0 Å². The molecule has 2 aromatic rings. The van der Waals surface area contributed by atoms with Crippen molar-refractivity contribution < 1.29 is 4.52 Å². The molecule has 0 fully saturated rings. The van der Waals surface area contributed by atoms with Gasteiger partial charge in [0.25, 0.3) is 0 Å². The predicted octanol–water partition coefficient (Wildman–Crippen LogP) is 3.45. The number of rotatable bonds is 5. The molecule has 0 unspecified atom stereocenters. The van der Waals surface area contributed by atoms with Gasteiger partial charge >= 0.3 is 0 Å². The number of anilines is 1. The first kappa shape index (κ1) is 13.9. The molecule has 0 radical (unpaired) electrons. The van der Waals surface area contributed by atoms with E-state index in [9.17, 15) is 0 Å². The highest BCUT2D eigenvalue weighted by Crippen LogP contribution is 2.27. The maximum atomic E-state index is 5.79. The predicted molar refractivity (Wildman–Crippen MR) is 78.0 cm³/mol. The first-order valence-corrected chi connectivity index (χ1v) is 7.33. The molecule has 0 aliphatic rings. The number of nitrogen functional groups attached to an aromatic ring is 1. The SMILES string of the molecule is Cc1ccc(N)cc1SCc1noc(CC(C)C)n1. The molecule has 2 rings (SSSR count). The van der Waals surface area contributed by atoms with Crippen LogP contribution < -0.4 is 5.73 Å². The normalized spacial score (nSPS) is 11.2. The summed E-state index contributed by atoms with van der Waals surface area (Å²) in [5.74, 6) is 2.68. The van der Waals surface area contributed by atoms with Gasteiger partial charge in [-0.2, -0.15) is 4.98 Å². The Kier molecular flexibility index (Phi) is 4.47. The van der Waals surface area contributed by atoms with Crippen LogP contribution in [-0.4, -0.2) is 10.1 Å². The van der Waals surface area contributed by atoms with Crippen molar-refractivity contribution in [3.63, 3.8) is 0 Å². The van der Waals surface area contributed by atoms with Crippen LogP contribution in [0.1, 0.15) is 31.1 Å². The van der Waals surface area contributed by atoms with Crippen molar-refractivity contribution in [2.75, 3.05) is 5.73 Å². The lowest BCUT2D eigenvalue weighted by molar-refractivity contribution is 0.360. The Bertz CT molecular complexity index is 551. The minimum atomic E-state index is 0.525. The molecule has 1 aromatic heterocycles. The summed E-state index contributed by atoms with van der Waals surface area (Å²) in [6.07, 6.45) is 0.828. The summed E-state index contributed by atoms with van der Waals surface area (Å²) >= 11 is 1.68. The van der Waals surface area contributed by atoms with Crippen LogP contribution in [0, 0.1) is 12.8 Å². The van der Waals surface area contributed by atoms with Crippen LogP contribution in [0.5, 0.6) is 0 Å². The molecule has 0 aliphatic heterocycles. The van der Waals surface area contributed by atoms with Gasteiger partial charge in [-0.1, -0.05) is 25.1 Å². The lowest BCUT2D eigenvalue weighted by Crippen LogP contribution is -1.94. The van der Waals surface area contributed by atoms with Crippen LogP contribution in [0.4, 0.5) is 5.69 Å². The first-order valence-electron chi connectivity index (χ1n) is 6.35. The van der Waals surface area contributed by atoms with Crippen LogP contribution in [-0.2, 0) is 12.2 Å². The molecule has 19 heavy (non-hydrogen) atoms. The number of nitrogens with zero attached hydrogens (tertiary/aromatic N) is 2. The smallest absolute Gasteiger partial charge is 0.226 e. The van der Waals surface area contributed by atoms with Crippen LogP contribution in [0.25, 0.3) is 0 Å². The Balaban J connectivity index is 1.98. The van der Waals surface area contributed by atoms with Gasteiger partial charge in [-0.15, -0.1) is 11.8 Å². The van der Waals surface area contributed by atoms with E-state index in [1.807, 2.05) is 18.2 Å². The van der Waals surface area contributed by atoms with Gasteiger partial charge in [-0.3, -0.25) is 0 Å². The minimum absolute atomic E-state index is 0.525. The highest BCUT2D eigenvalue weighted by atomic mass is 32.2. The summed E-state index contributed by atoms with van der Waals surface area (Å²) in [7, 11) is 0. The summed E-state index contributed by atoms with van der Waals surface area (Å²) < 4.78 is 5.22. The second-order valence-electron chi connectivity index (χ2n) is 5.02. The zero-order chi connectivity index (χ0) is 13.8. The third-order valence-electron chi connectivity index (χ3n) is 2.66. The molecule has 1 heterocycles. The molecule has 0 bridgehead atoms. The van der Waals surface area contributed by atoms with Gasteiger partial charge in [0.05, 0.1) is 5.75 Å². The van der Waals surface area contributed by atoms with Gasteiger partial charge in [0.2, 0.25) is 5.89 Å². The number of nitrogens with two attached hydrogens (primary N) is 1. The fourth-order valence-electron chi connectivity index (χ4n) is 1.70. The quantitative estimate of drug-likeness (QED) is 0.670. The van der Waals surface area contributed by atoms with Crippen molar-refractivity contribution in [1.82, 2.24) is 10.1 Å². The standard InChI is InChI=1S/C14H19N3OS/c1-9(2)6-14-16-13(17-18-14)8-19-12-7-11(15)5-4-10(12)3/h4-5,7,9H,6,8,15H2,1-3H3. The molecule has 0 atom stereocenters. The Hall–Kier alpha value is -1.49. The van der Waals surface area contributed by atoms with E-state index >= 15 is 0 Å². The molecule has 0 saturated carbocycles. The van der Waals surface area contributed by atoms with E-state index in [0.717, 1.165) is 28.7 Å². The van der Waals surface area contributed by atoms with Gasteiger partial charge in [0.1, 0.15) is 0 Å². The topological polar surface area (TPSA) is 64.9 Å². The average molecular weight is 277 g/mol. The molecule has 2 N–H and O–H groups in total. The van der Waals surface area contributed by atoms with Gasteiger partial charge in [-0.05, 0) is 30.5 Å². The maximum Gasteiger partial charge on any atom is 0.226 e. The molecule has 1 aromatic carbocycles. The van der Waals surface area contributed by atoms with Crippen molar-refractivity contribution in [3.05, 3.63) is 35.5 Å². The van der Waals surface area contributed by atoms with E-state index in [4.69, 9.17) is 10.3 Å². The second-order valence-corrected chi connectivity index (χ2v) is 6.03. The van der Waals surface area contributed by atoms with Crippen LogP contribution in [0.15, 0.2) is 27.6 Å². The van der Waals surface area contributed by atoms with Gasteiger partial charge in [-0.25, -0.2) is 0 Å². The molecule has 102 valence electrons. The molecule has 0 spiro atoms. The van der Waals surface area contributed by atoms with E-state index < -0.39 is 0 Å². The van der Waals surface area contributed by atoms with E-state index in [1.54, 1.807) is 11.8 Å². The number of hydrogen-bond acceptors (Lipinski definition) is 5. The van der Waals surface area contributed by atoms with E-state index in [1.165, 1.54) is 5.56 Å². The van der Waals surface area contributed by atoms with Crippen LogP contribution in [0.3, 0.4) is 0 Å². The first-order chi connectivity index (χ1) is 9.04. The Labute approximate surface area is 117 Å². The van der Waals surface area contributed by atoms with Crippen molar-refractivity contribution in [2.24, 2.45) is 5.92 Å². The van der Waals surface area contributed by atoms with Crippen LogP contribution in [0.2, 0.25) is 0 Å². The molecular formula is C14H19N3OS. The molecule has 0 aliphatic carbocycles. The minimum Gasteiger partial charge on any atom is -0.399 e. The number of thioether (sulfide) groups is 1. The number of aromatic nitrogens is 2. The molecule has 0 saturated heterocycles. The highest BCUT2D eigenvalue weighted by Gasteiger charge is 2.09. The van der Waals surface area contributed by atoms with Crippen molar-refractivity contribution >= 4 is 17.4 Å². The summed E-state index contributed by atoms with van der Waals surface area (Å²) in [4.78, 5) is 5.55. The van der Waals surface area contributed by atoms with Crippen molar-refractivity contribution in [1.29, 1.82) is 0 Å². The Morgan fingerprint density at radius 2 is 2.16 bits per heavy atom. The summed E-state index contributed by atoms with van der Waals surface area (Å²) in [6, 6.07) is 5.92. The Morgan fingerprint density at radius 3 is 2.89 bits per heavy atom. The number of benzene rings is 1. The molecule has 5 heteroatoms. The van der Waals surface area contributed by atoms with Crippen molar-refractivity contribution in [3.8, 4) is 0 Å². The lowest BCUT2D eigenvalue weighted by Gasteiger charge is -2.04. The molecular weight excluding hydrogens is 258 g/mol. The zero-order valence-corrected chi connectivity index (χ0v) is 12.3. The Morgan fingerprint density at radius 1 is 1.37 bits per heavy atom. The summed E-state index contributed by atoms with van der Waals surface area (Å²) in [5.41, 5.74) is 7.78. The molecule has 0 amide bonds. The van der Waals surface area contributed by atoms with E-state index in [0.29, 0.717) is 11.7 Å². The van der Waals surface area contributed by atoms with Gasteiger partial charge in [0.15, 0.2) is 5.82 Å². The summed E-state index contributed by atoms with van der Waals surface area (Å²) in [6.45, 7) is 6.34. The van der Waals surface area contributed by atoms with Crippen LogP contribution >= 0.6 is 11.8 Å². The lowest BCUT2D eigenvalue weighted by atomic mass is 10.1. The third kappa shape index (κ3) is 3.99. The number of hydrogen-bond donors (Lipinski definition) is 1. The third-order valence-corrected chi connectivity index (χ3v) is 3.82. The fourth-order valence-corrected chi connectivity index (χ4v) is 2.61. The average Bonchev–Trinajstić information content (AvgIpc) is 2.77. The van der Waals surface area contributed by atoms with Gasteiger partial charge < -0.3 is 10.3 Å². The second kappa shape index (κ2) is 6.10. The largest absolute Gasteiger partial charge is 0.399 e.